The predicted molar refractivity (Wildman–Crippen MR) is 195 cm³/mol. The summed E-state index contributed by atoms with van der Waals surface area (Å²) in [6.07, 6.45) is 9.03. The number of carbonyl (C=O) groups is 3. The van der Waals surface area contributed by atoms with Crippen LogP contribution in [0.4, 0.5) is 10.5 Å². The number of hydrogen-bond acceptors (Lipinski definition) is 6. The van der Waals surface area contributed by atoms with Gasteiger partial charge in [0.15, 0.2) is 0 Å². The Morgan fingerprint density at radius 1 is 0.745 bits per heavy atom. The average Bonchev–Trinajstić information content (AvgIpc) is 3.75. The van der Waals surface area contributed by atoms with Crippen molar-refractivity contribution in [3.8, 4) is 5.75 Å². The number of aliphatic carboxylic acids is 2. The Balaban J connectivity index is 0.000000665. The van der Waals surface area contributed by atoms with E-state index in [9.17, 15) is 14.4 Å². The van der Waals surface area contributed by atoms with Crippen LogP contribution in [-0.4, -0.2) is 108 Å². The number of likely N-dealkylation sites (tertiary alicyclic amines) is 2. The molecule has 0 aromatic heterocycles. The molecule has 2 N–H and O–H groups in total. The van der Waals surface area contributed by atoms with Crippen molar-refractivity contribution >= 4 is 71.4 Å². The van der Waals surface area contributed by atoms with Crippen molar-refractivity contribution in [2.45, 2.75) is 44.9 Å². The maximum atomic E-state index is 14.3. The summed E-state index contributed by atoms with van der Waals surface area (Å²) in [5.41, 5.74) is 0.868. The molecule has 2 fully saturated rings. The smallest absolute Gasteiger partial charge is 0.328 e. The van der Waals surface area contributed by atoms with Gasteiger partial charge in [0.05, 0.1) is 12.3 Å². The number of urea groups is 1. The quantitative estimate of drug-likeness (QED) is 0.133. The van der Waals surface area contributed by atoms with E-state index in [2.05, 4.69) is 62.5 Å². The van der Waals surface area contributed by atoms with E-state index in [0.29, 0.717) is 25.3 Å². The van der Waals surface area contributed by atoms with Crippen molar-refractivity contribution in [3.05, 3.63) is 68.0 Å². The molecule has 0 aliphatic carbocycles. The Morgan fingerprint density at radius 2 is 1.23 bits per heavy atom. The number of carbonyl (C=O) groups excluding carboxylic acids is 1. The zero-order valence-electron chi connectivity index (χ0n) is 26.7. The molecular formula is C34H45Br3N4O6. The highest BCUT2D eigenvalue weighted by Crippen LogP contribution is 2.38. The van der Waals surface area contributed by atoms with Gasteiger partial charge in [-0.3, -0.25) is 4.90 Å². The van der Waals surface area contributed by atoms with Crippen LogP contribution in [0.25, 0.3) is 0 Å². The minimum absolute atomic E-state index is 0.0706. The SMILES string of the molecule is O=C(N(CCCN1CCCC1)CCCN1CCCC1)N(CCCOc1ccccc1)c1c(Br)cc(Br)cc1Br.O=C(O)/C=C\C(=O)O. The normalized spacial score (nSPS) is 15.0. The van der Waals surface area contributed by atoms with E-state index in [0.717, 1.165) is 70.3 Å². The summed E-state index contributed by atoms with van der Waals surface area (Å²) in [6.45, 7) is 9.55. The molecule has 0 spiro atoms. The second kappa shape index (κ2) is 21.5. The van der Waals surface area contributed by atoms with Crippen LogP contribution in [-0.2, 0) is 9.59 Å². The first-order chi connectivity index (χ1) is 22.6. The van der Waals surface area contributed by atoms with E-state index in [-0.39, 0.29) is 6.03 Å². The lowest BCUT2D eigenvalue weighted by molar-refractivity contribution is -0.134. The molecule has 0 unspecified atom stereocenters. The average molecular weight is 845 g/mol. The predicted octanol–water partition coefficient (Wildman–Crippen LogP) is 7.36. The van der Waals surface area contributed by atoms with Crippen molar-refractivity contribution in [2.24, 2.45) is 0 Å². The van der Waals surface area contributed by atoms with Gasteiger partial charge in [-0.15, -0.1) is 0 Å². The molecule has 2 saturated heterocycles. The standard InChI is InChI=1S/C30H41Br3N4O2.C4H4O4/c31-25-23-27(32)29(28(33)24-25)37(21-10-22-39-26-11-2-1-3-12-26)30(38)36(19-8-17-34-13-4-5-14-34)20-9-18-35-15-6-7-16-35;5-3(6)1-2-4(7)8/h1-3,11-12,23-24H,4-10,13-22H2;1-2H,(H,5,6)(H,7,8)/b;2-1-. The summed E-state index contributed by atoms with van der Waals surface area (Å²) in [5, 5.41) is 15.6. The molecule has 2 aliphatic heterocycles. The zero-order valence-corrected chi connectivity index (χ0v) is 31.4. The number of rotatable bonds is 16. The highest BCUT2D eigenvalue weighted by Gasteiger charge is 2.26. The van der Waals surface area contributed by atoms with Gasteiger partial charge in [-0.05, 0) is 140 Å². The van der Waals surface area contributed by atoms with Gasteiger partial charge in [0.2, 0.25) is 0 Å². The molecule has 0 radical (unpaired) electrons. The van der Waals surface area contributed by atoms with E-state index in [1.54, 1.807) is 0 Å². The van der Waals surface area contributed by atoms with Gasteiger partial charge in [0.25, 0.3) is 0 Å². The summed E-state index contributed by atoms with van der Waals surface area (Å²) in [7, 11) is 0. The molecule has 0 saturated carbocycles. The van der Waals surface area contributed by atoms with E-state index >= 15 is 0 Å². The fraction of sp³-hybridized carbons (Fsp3) is 0.500. The topological polar surface area (TPSA) is 114 Å². The first kappa shape index (κ1) is 39.0. The number of halogens is 3. The number of benzene rings is 2. The number of ether oxygens (including phenoxy) is 1. The molecule has 2 aromatic carbocycles. The maximum Gasteiger partial charge on any atom is 0.328 e. The first-order valence-electron chi connectivity index (χ1n) is 16.1. The van der Waals surface area contributed by atoms with Gasteiger partial charge in [0, 0.05) is 45.2 Å². The fourth-order valence-corrected chi connectivity index (χ4v) is 8.31. The number of carboxylic acids is 2. The van der Waals surface area contributed by atoms with Crippen molar-refractivity contribution in [2.75, 3.05) is 70.4 Å². The van der Waals surface area contributed by atoms with Crippen LogP contribution >= 0.6 is 47.8 Å². The molecule has 4 rings (SSSR count). The maximum absolute atomic E-state index is 14.3. The third-order valence-electron chi connectivity index (χ3n) is 7.86. The van der Waals surface area contributed by atoms with Gasteiger partial charge in [-0.1, -0.05) is 34.1 Å². The minimum Gasteiger partial charge on any atom is -0.494 e. The van der Waals surface area contributed by atoms with Gasteiger partial charge in [-0.2, -0.15) is 0 Å². The van der Waals surface area contributed by atoms with E-state index in [4.69, 9.17) is 14.9 Å². The third kappa shape index (κ3) is 14.7. The van der Waals surface area contributed by atoms with Crippen molar-refractivity contribution in [3.63, 3.8) is 0 Å². The van der Waals surface area contributed by atoms with Crippen LogP contribution in [0, 0.1) is 0 Å². The summed E-state index contributed by atoms with van der Waals surface area (Å²) in [5.74, 6) is -1.66. The Kier molecular flexibility index (Phi) is 17.8. The highest BCUT2D eigenvalue weighted by atomic mass is 79.9. The Labute approximate surface area is 303 Å². The molecule has 2 aromatic rings. The molecule has 0 bridgehead atoms. The number of nitrogens with zero attached hydrogens (tertiary/aromatic N) is 4. The van der Waals surface area contributed by atoms with E-state index in [1.165, 1.54) is 51.9 Å². The summed E-state index contributed by atoms with van der Waals surface area (Å²) in [6, 6.07) is 13.9. The number of hydrogen-bond donors (Lipinski definition) is 2. The molecule has 10 nitrogen and oxygen atoms in total. The van der Waals surface area contributed by atoms with Crippen molar-refractivity contribution in [1.82, 2.24) is 14.7 Å². The van der Waals surface area contributed by atoms with Crippen LogP contribution in [0.1, 0.15) is 44.9 Å². The molecule has 2 heterocycles. The lowest BCUT2D eigenvalue weighted by Crippen LogP contribution is -2.46. The third-order valence-corrected chi connectivity index (χ3v) is 9.53. The van der Waals surface area contributed by atoms with E-state index in [1.807, 2.05) is 47.4 Å². The van der Waals surface area contributed by atoms with Crippen LogP contribution < -0.4 is 9.64 Å². The lowest BCUT2D eigenvalue weighted by atomic mass is 10.2. The Morgan fingerprint density at radius 3 is 1.70 bits per heavy atom. The molecule has 0 atom stereocenters. The molecule has 47 heavy (non-hydrogen) atoms. The molecule has 2 amide bonds. The second-order valence-electron chi connectivity index (χ2n) is 11.5. The number of carboxylic acid groups (broad SMARTS) is 2. The Hall–Kier alpha value is -2.45. The lowest BCUT2D eigenvalue weighted by Gasteiger charge is -2.33. The van der Waals surface area contributed by atoms with Crippen LogP contribution in [0.15, 0.2) is 68.0 Å². The molecule has 258 valence electrons. The van der Waals surface area contributed by atoms with Gasteiger partial charge in [-0.25, -0.2) is 14.4 Å². The number of amides is 2. The van der Waals surface area contributed by atoms with Gasteiger partial charge >= 0.3 is 18.0 Å². The van der Waals surface area contributed by atoms with E-state index < -0.39 is 11.9 Å². The minimum atomic E-state index is -1.26. The summed E-state index contributed by atoms with van der Waals surface area (Å²) >= 11 is 11.1. The van der Waals surface area contributed by atoms with Gasteiger partial charge < -0.3 is 29.6 Å². The monoisotopic (exact) mass is 842 g/mol. The van der Waals surface area contributed by atoms with Crippen LogP contribution in [0.3, 0.4) is 0 Å². The zero-order chi connectivity index (χ0) is 34.0. The van der Waals surface area contributed by atoms with Crippen LogP contribution in [0.5, 0.6) is 5.75 Å². The first-order valence-corrected chi connectivity index (χ1v) is 18.5. The fourth-order valence-electron chi connectivity index (χ4n) is 5.62. The van der Waals surface area contributed by atoms with Crippen LogP contribution in [0.2, 0.25) is 0 Å². The largest absolute Gasteiger partial charge is 0.494 e. The molecule has 13 heteroatoms. The summed E-state index contributed by atoms with van der Waals surface area (Å²) in [4.78, 5) is 42.5. The number of para-hydroxylation sites is 1. The highest BCUT2D eigenvalue weighted by molar-refractivity contribution is 9.11. The molecule has 2 aliphatic rings. The Bertz CT molecular complexity index is 1240. The summed E-state index contributed by atoms with van der Waals surface area (Å²) < 4.78 is 8.69. The second-order valence-corrected chi connectivity index (χ2v) is 14.1. The van der Waals surface area contributed by atoms with Gasteiger partial charge in [0.1, 0.15) is 5.75 Å². The van der Waals surface area contributed by atoms with Crippen molar-refractivity contribution in [1.29, 1.82) is 0 Å². The molecular weight excluding hydrogens is 800 g/mol. The number of anilines is 1. The van der Waals surface area contributed by atoms with Crippen molar-refractivity contribution < 1.29 is 29.3 Å².